The summed E-state index contributed by atoms with van der Waals surface area (Å²) in [5.41, 5.74) is 1.50. The number of rotatable bonds is 3. The van der Waals surface area contributed by atoms with Crippen LogP contribution in [0.5, 0.6) is 0 Å². The SMILES string of the molecule is O=C(Cn1ccc2scc(-c3ccc(Cl)c(Cl)c3)c2c1=O)N1CCCC1. The van der Waals surface area contributed by atoms with Crippen molar-refractivity contribution < 1.29 is 4.79 Å². The van der Waals surface area contributed by atoms with E-state index in [-0.39, 0.29) is 18.0 Å². The number of carbonyl (C=O) groups excluding carboxylic acids is 1. The molecule has 0 atom stereocenters. The van der Waals surface area contributed by atoms with Crippen LogP contribution in [0.4, 0.5) is 0 Å². The van der Waals surface area contributed by atoms with Crippen molar-refractivity contribution in [2.45, 2.75) is 19.4 Å². The van der Waals surface area contributed by atoms with E-state index in [0.29, 0.717) is 15.4 Å². The van der Waals surface area contributed by atoms with Gasteiger partial charge in [0.15, 0.2) is 0 Å². The number of fused-ring (bicyclic) bond motifs is 1. The van der Waals surface area contributed by atoms with Gasteiger partial charge in [-0.1, -0.05) is 29.3 Å². The fourth-order valence-electron chi connectivity index (χ4n) is 3.30. The minimum absolute atomic E-state index is 0.00438. The average Bonchev–Trinajstić information content (AvgIpc) is 3.29. The van der Waals surface area contributed by atoms with Gasteiger partial charge in [-0.05, 0) is 36.6 Å². The molecule has 1 fully saturated rings. The minimum atomic E-state index is -0.155. The predicted molar refractivity (Wildman–Crippen MR) is 107 cm³/mol. The molecule has 1 aromatic carbocycles. The van der Waals surface area contributed by atoms with E-state index in [1.54, 1.807) is 18.3 Å². The Morgan fingerprint density at radius 3 is 2.62 bits per heavy atom. The molecule has 1 aliphatic heterocycles. The first-order valence-electron chi connectivity index (χ1n) is 8.38. The van der Waals surface area contributed by atoms with E-state index >= 15 is 0 Å². The van der Waals surface area contributed by atoms with Crippen molar-refractivity contribution in [2.75, 3.05) is 13.1 Å². The van der Waals surface area contributed by atoms with E-state index in [1.165, 1.54) is 15.9 Å². The Bertz CT molecular complexity index is 1050. The molecular formula is C19H16Cl2N2O2S. The molecule has 0 spiro atoms. The zero-order chi connectivity index (χ0) is 18.3. The smallest absolute Gasteiger partial charge is 0.260 e. The van der Waals surface area contributed by atoms with Crippen LogP contribution in [0.15, 0.2) is 40.6 Å². The molecule has 4 nitrogen and oxygen atoms in total. The summed E-state index contributed by atoms with van der Waals surface area (Å²) in [6.07, 6.45) is 3.77. The van der Waals surface area contributed by atoms with Crippen molar-refractivity contribution in [1.82, 2.24) is 9.47 Å². The van der Waals surface area contributed by atoms with E-state index in [9.17, 15) is 9.59 Å². The molecule has 26 heavy (non-hydrogen) atoms. The zero-order valence-electron chi connectivity index (χ0n) is 13.9. The normalized spacial score (nSPS) is 14.3. The van der Waals surface area contributed by atoms with Crippen molar-refractivity contribution >= 4 is 50.5 Å². The molecule has 2 aromatic heterocycles. The quantitative estimate of drug-likeness (QED) is 0.634. The average molecular weight is 407 g/mol. The predicted octanol–water partition coefficient (Wildman–Crippen LogP) is 4.66. The van der Waals surface area contributed by atoms with Crippen LogP contribution < -0.4 is 5.56 Å². The van der Waals surface area contributed by atoms with Crippen molar-refractivity contribution in [3.05, 3.63) is 56.2 Å². The van der Waals surface area contributed by atoms with Crippen molar-refractivity contribution in [1.29, 1.82) is 0 Å². The van der Waals surface area contributed by atoms with Crippen LogP contribution in [-0.4, -0.2) is 28.5 Å². The number of pyridine rings is 1. The van der Waals surface area contributed by atoms with Gasteiger partial charge in [-0.25, -0.2) is 0 Å². The molecule has 1 saturated heterocycles. The molecule has 0 bridgehead atoms. The molecule has 3 aromatic rings. The van der Waals surface area contributed by atoms with E-state index in [0.717, 1.165) is 41.8 Å². The lowest BCUT2D eigenvalue weighted by Gasteiger charge is -2.16. The highest BCUT2D eigenvalue weighted by atomic mass is 35.5. The largest absolute Gasteiger partial charge is 0.341 e. The molecular weight excluding hydrogens is 391 g/mol. The van der Waals surface area contributed by atoms with Gasteiger partial charge >= 0.3 is 0 Å². The third kappa shape index (κ3) is 3.15. The summed E-state index contributed by atoms with van der Waals surface area (Å²) in [6.45, 7) is 1.64. The van der Waals surface area contributed by atoms with E-state index in [1.807, 2.05) is 22.4 Å². The van der Waals surface area contributed by atoms with Crippen molar-refractivity contribution in [3.63, 3.8) is 0 Å². The van der Waals surface area contributed by atoms with Crippen LogP contribution in [0.1, 0.15) is 12.8 Å². The van der Waals surface area contributed by atoms with Crippen LogP contribution in [0.25, 0.3) is 21.2 Å². The summed E-state index contributed by atoms with van der Waals surface area (Å²) in [5, 5.41) is 3.48. The summed E-state index contributed by atoms with van der Waals surface area (Å²) in [4.78, 5) is 27.3. The number of thiophene rings is 1. The second kappa shape index (κ2) is 7.06. The van der Waals surface area contributed by atoms with Gasteiger partial charge in [0, 0.05) is 34.9 Å². The van der Waals surface area contributed by atoms with Crippen LogP contribution in [0.2, 0.25) is 10.0 Å². The molecule has 0 N–H and O–H groups in total. The molecule has 3 heterocycles. The highest BCUT2D eigenvalue weighted by Gasteiger charge is 2.20. The lowest BCUT2D eigenvalue weighted by Crippen LogP contribution is -2.34. The topological polar surface area (TPSA) is 42.3 Å². The standard InChI is InChI=1S/C19H16Cl2N2O2S/c20-14-4-3-12(9-15(14)21)13-11-26-16-5-8-23(19(25)18(13)16)10-17(24)22-6-1-2-7-22/h3-5,8-9,11H,1-2,6-7,10H2. The Hall–Kier alpha value is -1.82. The molecule has 4 rings (SSSR count). The first-order chi connectivity index (χ1) is 12.5. The first-order valence-corrected chi connectivity index (χ1v) is 10.0. The summed E-state index contributed by atoms with van der Waals surface area (Å²) in [5.74, 6) is -0.00438. The Morgan fingerprint density at radius 2 is 1.88 bits per heavy atom. The third-order valence-electron chi connectivity index (χ3n) is 4.70. The van der Waals surface area contributed by atoms with Gasteiger partial charge in [0.05, 0.1) is 15.4 Å². The second-order valence-electron chi connectivity index (χ2n) is 6.35. The van der Waals surface area contributed by atoms with Crippen LogP contribution in [-0.2, 0) is 11.3 Å². The molecule has 0 saturated carbocycles. The maximum Gasteiger partial charge on any atom is 0.260 e. The van der Waals surface area contributed by atoms with Gasteiger partial charge in [0.2, 0.25) is 5.91 Å². The lowest BCUT2D eigenvalue weighted by atomic mass is 10.1. The summed E-state index contributed by atoms with van der Waals surface area (Å²) >= 11 is 13.6. The van der Waals surface area contributed by atoms with Gasteiger partial charge in [-0.3, -0.25) is 9.59 Å². The Balaban J connectivity index is 1.75. The summed E-state index contributed by atoms with van der Waals surface area (Å²) < 4.78 is 2.39. The number of hydrogen-bond donors (Lipinski definition) is 0. The maximum absolute atomic E-state index is 13.0. The highest BCUT2D eigenvalue weighted by molar-refractivity contribution is 7.17. The van der Waals surface area contributed by atoms with Gasteiger partial charge in [-0.2, -0.15) is 0 Å². The zero-order valence-corrected chi connectivity index (χ0v) is 16.2. The van der Waals surface area contributed by atoms with Crippen molar-refractivity contribution in [3.8, 4) is 11.1 Å². The summed E-state index contributed by atoms with van der Waals surface area (Å²) in [7, 11) is 0. The Morgan fingerprint density at radius 1 is 1.12 bits per heavy atom. The molecule has 7 heteroatoms. The number of benzene rings is 1. The van der Waals surface area contributed by atoms with Gasteiger partial charge in [0.25, 0.3) is 5.56 Å². The first kappa shape index (κ1) is 17.6. The molecule has 0 unspecified atom stereocenters. The summed E-state index contributed by atoms with van der Waals surface area (Å²) in [6, 6.07) is 7.22. The fourth-order valence-corrected chi connectivity index (χ4v) is 4.55. The number of carbonyl (C=O) groups is 1. The number of likely N-dealkylation sites (tertiary alicyclic amines) is 1. The fraction of sp³-hybridized carbons (Fsp3) is 0.263. The second-order valence-corrected chi connectivity index (χ2v) is 8.08. The van der Waals surface area contributed by atoms with Crippen molar-refractivity contribution in [2.24, 2.45) is 0 Å². The number of nitrogens with zero attached hydrogens (tertiary/aromatic N) is 2. The van der Waals surface area contributed by atoms with E-state index in [2.05, 4.69) is 0 Å². The highest BCUT2D eigenvalue weighted by Crippen LogP contribution is 2.34. The molecule has 0 aliphatic carbocycles. The molecule has 134 valence electrons. The van der Waals surface area contributed by atoms with E-state index in [4.69, 9.17) is 23.2 Å². The third-order valence-corrected chi connectivity index (χ3v) is 6.38. The van der Waals surface area contributed by atoms with Crippen LogP contribution in [0.3, 0.4) is 0 Å². The molecule has 0 radical (unpaired) electrons. The minimum Gasteiger partial charge on any atom is -0.341 e. The maximum atomic E-state index is 13.0. The Kier molecular flexibility index (Phi) is 4.78. The van der Waals surface area contributed by atoms with Crippen LogP contribution >= 0.6 is 34.5 Å². The van der Waals surface area contributed by atoms with Crippen LogP contribution in [0, 0.1) is 0 Å². The number of hydrogen-bond acceptors (Lipinski definition) is 3. The van der Waals surface area contributed by atoms with Gasteiger partial charge in [0.1, 0.15) is 6.54 Å². The van der Waals surface area contributed by atoms with E-state index < -0.39 is 0 Å². The number of aromatic nitrogens is 1. The molecule has 1 aliphatic rings. The lowest BCUT2D eigenvalue weighted by molar-refractivity contribution is -0.130. The molecule has 1 amide bonds. The monoisotopic (exact) mass is 406 g/mol. The number of amides is 1. The number of halogens is 2. The Labute approximate surface area is 164 Å². The van der Waals surface area contributed by atoms with Gasteiger partial charge in [-0.15, -0.1) is 11.3 Å². The van der Waals surface area contributed by atoms with Gasteiger partial charge < -0.3 is 9.47 Å².